The molecule has 0 spiro atoms. The van der Waals surface area contributed by atoms with Gasteiger partial charge in [0, 0.05) is 36.8 Å². The van der Waals surface area contributed by atoms with E-state index < -0.39 is 4.92 Å². The second-order valence-corrected chi connectivity index (χ2v) is 6.47. The van der Waals surface area contributed by atoms with Gasteiger partial charge in [0.1, 0.15) is 0 Å². The molecule has 1 amide bonds. The summed E-state index contributed by atoms with van der Waals surface area (Å²) in [6.07, 6.45) is 0. The first kappa shape index (κ1) is 19.1. The van der Waals surface area contributed by atoms with Gasteiger partial charge in [-0.3, -0.25) is 19.8 Å². The average molecular weight is 351 g/mol. The molecule has 8 heteroatoms. The number of nitrogens with one attached hydrogen (secondary N) is 1. The van der Waals surface area contributed by atoms with Crippen LogP contribution in [-0.2, 0) is 4.74 Å². The van der Waals surface area contributed by atoms with Crippen LogP contribution in [0.4, 0.5) is 5.69 Å². The zero-order valence-corrected chi connectivity index (χ0v) is 14.9. The summed E-state index contributed by atoms with van der Waals surface area (Å²) in [4.78, 5) is 25.3. The minimum Gasteiger partial charge on any atom is -0.487 e. The number of ether oxygens (including phenoxy) is 2. The standard InChI is InChI=1S/C17H25N3O5/c1-4-25-15-6-5-13(11-14(15)20(22)23)16(21)18-12-17(2,3)19-7-9-24-10-8-19/h5-6,11H,4,7-10,12H2,1-3H3,(H,18,21). The normalized spacial score (nSPS) is 15.6. The molecule has 1 aliphatic heterocycles. The lowest BCUT2D eigenvalue weighted by molar-refractivity contribution is -0.385. The highest BCUT2D eigenvalue weighted by molar-refractivity contribution is 5.95. The summed E-state index contributed by atoms with van der Waals surface area (Å²) in [5.41, 5.74) is -0.189. The monoisotopic (exact) mass is 351 g/mol. The molecule has 138 valence electrons. The molecule has 0 bridgehead atoms. The van der Waals surface area contributed by atoms with Crippen molar-refractivity contribution in [3.05, 3.63) is 33.9 Å². The first-order chi connectivity index (χ1) is 11.8. The second-order valence-electron chi connectivity index (χ2n) is 6.47. The molecule has 1 fully saturated rings. The number of benzene rings is 1. The van der Waals surface area contributed by atoms with Crippen molar-refractivity contribution in [2.24, 2.45) is 0 Å². The van der Waals surface area contributed by atoms with Gasteiger partial charge >= 0.3 is 5.69 Å². The average Bonchev–Trinajstić information content (AvgIpc) is 2.61. The van der Waals surface area contributed by atoms with Crippen molar-refractivity contribution in [1.82, 2.24) is 10.2 Å². The van der Waals surface area contributed by atoms with Gasteiger partial charge < -0.3 is 14.8 Å². The number of rotatable bonds is 7. The maximum absolute atomic E-state index is 12.4. The lowest BCUT2D eigenvalue weighted by Crippen LogP contribution is -2.55. The highest BCUT2D eigenvalue weighted by atomic mass is 16.6. The minimum absolute atomic E-state index is 0.165. The summed E-state index contributed by atoms with van der Waals surface area (Å²) in [5.74, 6) is -0.176. The van der Waals surface area contributed by atoms with Crippen molar-refractivity contribution in [3.63, 3.8) is 0 Å². The third-order valence-corrected chi connectivity index (χ3v) is 4.27. The van der Waals surface area contributed by atoms with E-state index in [0.717, 1.165) is 13.1 Å². The summed E-state index contributed by atoms with van der Waals surface area (Å²) in [6, 6.07) is 4.25. The number of hydrogen-bond acceptors (Lipinski definition) is 6. The fourth-order valence-electron chi connectivity index (χ4n) is 2.76. The molecule has 1 aromatic rings. The Morgan fingerprint density at radius 2 is 2.08 bits per heavy atom. The molecule has 0 radical (unpaired) electrons. The van der Waals surface area contributed by atoms with Gasteiger partial charge in [-0.1, -0.05) is 0 Å². The van der Waals surface area contributed by atoms with E-state index >= 15 is 0 Å². The van der Waals surface area contributed by atoms with E-state index in [1.807, 2.05) is 0 Å². The maximum Gasteiger partial charge on any atom is 0.311 e. The van der Waals surface area contributed by atoms with Crippen molar-refractivity contribution in [2.75, 3.05) is 39.5 Å². The molecule has 1 N–H and O–H groups in total. The third kappa shape index (κ3) is 4.90. The van der Waals surface area contributed by atoms with Crippen LogP contribution >= 0.6 is 0 Å². The number of nitro groups is 1. The topological polar surface area (TPSA) is 93.9 Å². The van der Waals surface area contributed by atoms with Gasteiger partial charge in [-0.25, -0.2) is 0 Å². The molecule has 1 heterocycles. The van der Waals surface area contributed by atoms with Gasteiger partial charge in [0.25, 0.3) is 5.91 Å². The van der Waals surface area contributed by atoms with Crippen LogP contribution in [0.2, 0.25) is 0 Å². The Morgan fingerprint density at radius 1 is 1.40 bits per heavy atom. The summed E-state index contributed by atoms with van der Waals surface area (Å²) in [5, 5.41) is 14.0. The number of nitrogens with zero attached hydrogens (tertiary/aromatic N) is 2. The van der Waals surface area contributed by atoms with Gasteiger partial charge in [-0.05, 0) is 32.9 Å². The molecule has 8 nitrogen and oxygen atoms in total. The summed E-state index contributed by atoms with van der Waals surface area (Å²) >= 11 is 0. The lowest BCUT2D eigenvalue weighted by atomic mass is 10.0. The fraction of sp³-hybridized carbons (Fsp3) is 0.588. The third-order valence-electron chi connectivity index (χ3n) is 4.27. The predicted molar refractivity (Wildman–Crippen MR) is 93.1 cm³/mol. The maximum atomic E-state index is 12.4. The number of nitro benzene ring substituents is 1. The van der Waals surface area contributed by atoms with Crippen LogP contribution in [0.5, 0.6) is 5.75 Å². The zero-order chi connectivity index (χ0) is 18.4. The number of carbonyl (C=O) groups excluding carboxylic acids is 1. The zero-order valence-electron chi connectivity index (χ0n) is 14.9. The Balaban J connectivity index is 2.05. The van der Waals surface area contributed by atoms with Crippen LogP contribution in [0.15, 0.2) is 18.2 Å². The summed E-state index contributed by atoms with van der Waals surface area (Å²) in [6.45, 7) is 9.61. The highest BCUT2D eigenvalue weighted by Gasteiger charge is 2.29. The van der Waals surface area contributed by atoms with Crippen molar-refractivity contribution in [1.29, 1.82) is 0 Å². The fourth-order valence-corrected chi connectivity index (χ4v) is 2.76. The molecule has 1 aromatic carbocycles. The molecule has 1 saturated heterocycles. The van der Waals surface area contributed by atoms with E-state index in [0.29, 0.717) is 26.4 Å². The highest BCUT2D eigenvalue weighted by Crippen LogP contribution is 2.28. The molecule has 25 heavy (non-hydrogen) atoms. The molecule has 0 atom stereocenters. The second kappa shape index (κ2) is 8.26. The predicted octanol–water partition coefficient (Wildman–Crippen LogP) is 1.83. The first-order valence-corrected chi connectivity index (χ1v) is 8.37. The van der Waals surface area contributed by atoms with Gasteiger partial charge in [0.15, 0.2) is 5.75 Å². The van der Waals surface area contributed by atoms with Gasteiger partial charge in [0.05, 0.1) is 24.7 Å². The molecule has 0 unspecified atom stereocenters. The van der Waals surface area contributed by atoms with Gasteiger partial charge in [0.2, 0.25) is 0 Å². The molecule has 1 aliphatic rings. The van der Waals surface area contributed by atoms with Gasteiger partial charge in [-0.2, -0.15) is 0 Å². The SMILES string of the molecule is CCOc1ccc(C(=O)NCC(C)(C)N2CCOCC2)cc1[N+](=O)[O-]. The largest absolute Gasteiger partial charge is 0.487 e. The minimum atomic E-state index is -0.542. The van der Waals surface area contributed by atoms with Crippen molar-refractivity contribution in [2.45, 2.75) is 26.3 Å². The molecule has 2 rings (SSSR count). The van der Waals surface area contributed by atoms with Crippen molar-refractivity contribution < 1.29 is 19.2 Å². The quantitative estimate of drug-likeness (QED) is 0.595. The van der Waals surface area contributed by atoms with Crippen LogP contribution in [0.3, 0.4) is 0 Å². The Bertz CT molecular complexity index is 627. The smallest absolute Gasteiger partial charge is 0.311 e. The van der Waals surface area contributed by atoms with Crippen LogP contribution in [0.25, 0.3) is 0 Å². The van der Waals surface area contributed by atoms with E-state index in [9.17, 15) is 14.9 Å². The molecular weight excluding hydrogens is 326 g/mol. The van der Waals surface area contributed by atoms with Crippen LogP contribution in [0, 0.1) is 10.1 Å². The van der Waals surface area contributed by atoms with Crippen molar-refractivity contribution in [3.8, 4) is 5.75 Å². The van der Waals surface area contributed by atoms with E-state index in [-0.39, 0.29) is 28.4 Å². The molecule has 0 saturated carbocycles. The lowest BCUT2D eigenvalue weighted by Gasteiger charge is -2.40. The number of carbonyl (C=O) groups is 1. The van der Waals surface area contributed by atoms with Crippen LogP contribution in [0.1, 0.15) is 31.1 Å². The van der Waals surface area contributed by atoms with E-state index in [2.05, 4.69) is 24.1 Å². The summed E-state index contributed by atoms with van der Waals surface area (Å²) in [7, 11) is 0. The van der Waals surface area contributed by atoms with E-state index in [1.165, 1.54) is 18.2 Å². The Morgan fingerprint density at radius 3 is 2.68 bits per heavy atom. The van der Waals surface area contributed by atoms with Gasteiger partial charge in [-0.15, -0.1) is 0 Å². The van der Waals surface area contributed by atoms with Crippen LogP contribution in [-0.4, -0.2) is 60.7 Å². The summed E-state index contributed by atoms with van der Waals surface area (Å²) < 4.78 is 10.6. The molecular formula is C17H25N3O5. The first-order valence-electron chi connectivity index (χ1n) is 8.37. The number of amides is 1. The molecule has 0 aliphatic carbocycles. The number of morpholine rings is 1. The Hall–Kier alpha value is -2.19. The number of hydrogen-bond donors (Lipinski definition) is 1. The Kier molecular flexibility index (Phi) is 6.33. The molecule has 0 aromatic heterocycles. The van der Waals surface area contributed by atoms with Crippen LogP contribution < -0.4 is 10.1 Å². The Labute approximate surface area is 147 Å². The van der Waals surface area contributed by atoms with E-state index in [1.54, 1.807) is 6.92 Å². The van der Waals surface area contributed by atoms with E-state index in [4.69, 9.17) is 9.47 Å². The van der Waals surface area contributed by atoms with Crippen molar-refractivity contribution >= 4 is 11.6 Å².